The number of anilines is 1. The van der Waals surface area contributed by atoms with Crippen LogP contribution in [0.3, 0.4) is 0 Å². The van der Waals surface area contributed by atoms with E-state index in [1.807, 2.05) is 23.4 Å². The number of aromatic amines is 1. The van der Waals surface area contributed by atoms with Gasteiger partial charge in [0.1, 0.15) is 17.8 Å². The van der Waals surface area contributed by atoms with Crippen molar-refractivity contribution in [2.45, 2.75) is 0 Å². The highest BCUT2D eigenvalue weighted by Gasteiger charge is 2.19. The molecule has 3 N–H and O–H groups in total. The van der Waals surface area contributed by atoms with Gasteiger partial charge in [-0.2, -0.15) is 0 Å². The van der Waals surface area contributed by atoms with Gasteiger partial charge in [-0.25, -0.2) is 9.97 Å². The van der Waals surface area contributed by atoms with E-state index in [0.29, 0.717) is 4.91 Å². The number of aromatic nitrogens is 3. The Hall–Kier alpha value is -2.35. The van der Waals surface area contributed by atoms with Gasteiger partial charge in [0.05, 0.1) is 10.3 Å². The monoisotopic (exact) mass is 288 g/mol. The molecule has 0 aromatic carbocycles. The fraction of sp³-hybridized carbons (Fsp3) is 0.167. The molecular formula is C12H12N6OS. The van der Waals surface area contributed by atoms with Gasteiger partial charge in [0.15, 0.2) is 6.40 Å². The summed E-state index contributed by atoms with van der Waals surface area (Å²) in [5, 5.41) is 15.6. The number of rotatable bonds is 3. The zero-order valence-corrected chi connectivity index (χ0v) is 11.3. The zero-order chi connectivity index (χ0) is 13.9. The Bertz CT molecular complexity index is 694. The molecule has 0 saturated carbocycles. The van der Waals surface area contributed by atoms with Crippen LogP contribution in [0, 0.1) is 10.8 Å². The van der Waals surface area contributed by atoms with E-state index in [1.165, 1.54) is 18.1 Å². The highest BCUT2D eigenvalue weighted by molar-refractivity contribution is 8.04. The number of nitrogens with zero attached hydrogens (tertiary/aromatic N) is 3. The van der Waals surface area contributed by atoms with Crippen LogP contribution in [0.5, 0.6) is 0 Å². The van der Waals surface area contributed by atoms with E-state index in [9.17, 15) is 0 Å². The van der Waals surface area contributed by atoms with Crippen molar-refractivity contribution in [2.75, 3.05) is 17.2 Å². The third-order valence-corrected chi connectivity index (χ3v) is 3.86. The molecule has 20 heavy (non-hydrogen) atoms. The van der Waals surface area contributed by atoms with Crippen molar-refractivity contribution in [3.05, 3.63) is 29.7 Å². The Morgan fingerprint density at radius 2 is 2.40 bits per heavy atom. The molecule has 0 saturated heterocycles. The van der Waals surface area contributed by atoms with Crippen LogP contribution in [0.2, 0.25) is 0 Å². The number of nitrogens with one attached hydrogen (secondary N) is 3. The summed E-state index contributed by atoms with van der Waals surface area (Å²) in [5.74, 6) is 1.61. The molecule has 7 nitrogen and oxygen atoms in total. The SMILES string of the molecule is N=COC(=N)C1=CN(c2ncnc3[nH]ccc23)CCS1. The van der Waals surface area contributed by atoms with E-state index in [1.54, 1.807) is 0 Å². The van der Waals surface area contributed by atoms with Crippen LogP contribution in [0.15, 0.2) is 29.7 Å². The minimum Gasteiger partial charge on any atom is -0.427 e. The molecule has 1 aliphatic rings. The number of ether oxygens (including phenoxy) is 1. The van der Waals surface area contributed by atoms with Crippen molar-refractivity contribution in [3.8, 4) is 0 Å². The zero-order valence-electron chi connectivity index (χ0n) is 10.5. The molecule has 0 radical (unpaired) electrons. The maximum absolute atomic E-state index is 7.74. The number of H-pyrrole nitrogens is 1. The van der Waals surface area contributed by atoms with Crippen LogP contribution in [0.1, 0.15) is 0 Å². The van der Waals surface area contributed by atoms with Crippen LogP contribution < -0.4 is 4.90 Å². The van der Waals surface area contributed by atoms with Crippen LogP contribution >= 0.6 is 11.8 Å². The Kier molecular flexibility index (Phi) is 3.38. The lowest BCUT2D eigenvalue weighted by Crippen LogP contribution is -2.26. The second-order valence-corrected chi connectivity index (χ2v) is 5.17. The van der Waals surface area contributed by atoms with Crippen LogP contribution in [-0.4, -0.2) is 39.5 Å². The average Bonchev–Trinajstić information content (AvgIpc) is 2.96. The molecular weight excluding hydrogens is 276 g/mol. The minimum absolute atomic E-state index is 0.0194. The van der Waals surface area contributed by atoms with Crippen LogP contribution in [0.4, 0.5) is 5.82 Å². The molecule has 0 unspecified atom stereocenters. The first-order valence-corrected chi connectivity index (χ1v) is 6.92. The van der Waals surface area contributed by atoms with E-state index >= 15 is 0 Å². The largest absolute Gasteiger partial charge is 0.427 e. The molecule has 2 aromatic heterocycles. The number of hydrogen-bond acceptors (Lipinski definition) is 7. The molecule has 0 fully saturated rings. The fourth-order valence-electron chi connectivity index (χ4n) is 1.99. The number of fused-ring (bicyclic) bond motifs is 1. The molecule has 0 bridgehead atoms. The van der Waals surface area contributed by atoms with E-state index in [2.05, 4.69) is 15.0 Å². The highest BCUT2D eigenvalue weighted by atomic mass is 32.2. The van der Waals surface area contributed by atoms with E-state index in [-0.39, 0.29) is 5.90 Å². The van der Waals surface area contributed by atoms with Gasteiger partial charge in [0.2, 0.25) is 5.90 Å². The molecule has 0 amide bonds. The van der Waals surface area contributed by atoms with E-state index in [0.717, 1.165) is 35.5 Å². The quantitative estimate of drug-likeness (QED) is 0.592. The third-order valence-electron chi connectivity index (χ3n) is 2.87. The Balaban J connectivity index is 1.97. The molecule has 0 atom stereocenters. The predicted octanol–water partition coefficient (Wildman–Crippen LogP) is 1.95. The lowest BCUT2D eigenvalue weighted by Gasteiger charge is -2.25. The summed E-state index contributed by atoms with van der Waals surface area (Å²) < 4.78 is 4.81. The van der Waals surface area contributed by atoms with Gasteiger partial charge < -0.3 is 14.6 Å². The van der Waals surface area contributed by atoms with E-state index < -0.39 is 0 Å². The molecule has 3 rings (SSSR count). The summed E-state index contributed by atoms with van der Waals surface area (Å²) in [6.07, 6.45) is 5.93. The molecule has 0 aliphatic carbocycles. The van der Waals surface area contributed by atoms with E-state index in [4.69, 9.17) is 15.6 Å². The molecule has 0 spiro atoms. The predicted molar refractivity (Wildman–Crippen MR) is 79.4 cm³/mol. The second kappa shape index (κ2) is 5.33. The van der Waals surface area contributed by atoms with Crippen LogP contribution in [-0.2, 0) is 4.74 Å². The molecule has 3 heterocycles. The molecule has 102 valence electrons. The summed E-state index contributed by atoms with van der Waals surface area (Å²) in [6, 6.07) is 1.93. The first-order valence-electron chi connectivity index (χ1n) is 5.93. The lowest BCUT2D eigenvalue weighted by atomic mass is 10.3. The van der Waals surface area contributed by atoms with Crippen molar-refractivity contribution < 1.29 is 4.74 Å². The van der Waals surface area contributed by atoms with Gasteiger partial charge in [0, 0.05) is 24.7 Å². The third kappa shape index (κ3) is 2.25. The molecule has 8 heteroatoms. The first kappa shape index (κ1) is 12.7. The standard InChI is InChI=1S/C12H12N6OS/c13-6-19-10(14)9-5-18(3-4-20-9)12-8-1-2-15-11(8)16-7-17-12/h1-2,5-7,13-14H,3-4H2,(H,15,16,17). The van der Waals surface area contributed by atoms with Gasteiger partial charge in [-0.05, 0) is 6.07 Å². The number of thioether (sulfide) groups is 1. The summed E-state index contributed by atoms with van der Waals surface area (Å²) >= 11 is 1.53. The smallest absolute Gasteiger partial charge is 0.228 e. The maximum atomic E-state index is 7.74. The van der Waals surface area contributed by atoms with Gasteiger partial charge >= 0.3 is 0 Å². The van der Waals surface area contributed by atoms with Crippen molar-refractivity contribution in [3.63, 3.8) is 0 Å². The first-order chi connectivity index (χ1) is 9.79. The Morgan fingerprint density at radius 1 is 1.50 bits per heavy atom. The summed E-state index contributed by atoms with van der Waals surface area (Å²) in [7, 11) is 0. The highest BCUT2D eigenvalue weighted by Crippen LogP contribution is 2.29. The van der Waals surface area contributed by atoms with Crippen molar-refractivity contribution in [2.24, 2.45) is 0 Å². The fourth-order valence-corrected chi connectivity index (χ4v) is 2.88. The van der Waals surface area contributed by atoms with Gasteiger partial charge in [-0.3, -0.25) is 10.8 Å². The number of hydrogen-bond donors (Lipinski definition) is 3. The lowest BCUT2D eigenvalue weighted by molar-refractivity contribution is 0.562. The average molecular weight is 288 g/mol. The summed E-state index contributed by atoms with van der Waals surface area (Å²) in [6.45, 7) is 0.795. The molecule has 1 aliphatic heterocycles. The van der Waals surface area contributed by atoms with Gasteiger partial charge in [-0.15, -0.1) is 11.8 Å². The molecule has 2 aromatic rings. The van der Waals surface area contributed by atoms with Crippen LogP contribution in [0.25, 0.3) is 11.0 Å². The minimum atomic E-state index is -0.0194. The van der Waals surface area contributed by atoms with Crippen molar-refractivity contribution in [1.29, 1.82) is 10.8 Å². The van der Waals surface area contributed by atoms with Gasteiger partial charge in [0.25, 0.3) is 0 Å². The topological polar surface area (TPSA) is 102 Å². The Morgan fingerprint density at radius 3 is 3.25 bits per heavy atom. The Labute approximate surface area is 119 Å². The second-order valence-electron chi connectivity index (χ2n) is 4.04. The normalized spacial score (nSPS) is 15.0. The maximum Gasteiger partial charge on any atom is 0.228 e. The van der Waals surface area contributed by atoms with Crippen molar-refractivity contribution in [1.82, 2.24) is 15.0 Å². The summed E-state index contributed by atoms with van der Waals surface area (Å²) in [5.41, 5.74) is 0.786. The summed E-state index contributed by atoms with van der Waals surface area (Å²) in [4.78, 5) is 14.2. The van der Waals surface area contributed by atoms with Gasteiger partial charge in [-0.1, -0.05) is 0 Å². The van der Waals surface area contributed by atoms with Crippen molar-refractivity contribution >= 4 is 40.9 Å².